The molecule has 0 aromatic carbocycles. The van der Waals surface area contributed by atoms with Gasteiger partial charge in [-0.3, -0.25) is 9.69 Å². The highest BCUT2D eigenvalue weighted by molar-refractivity contribution is 7.91. The van der Waals surface area contributed by atoms with Gasteiger partial charge in [0.05, 0.1) is 29.0 Å². The van der Waals surface area contributed by atoms with E-state index in [4.69, 9.17) is 5.11 Å². The molecular weight excluding hydrogens is 324 g/mol. The number of amides is 1. The van der Waals surface area contributed by atoms with Gasteiger partial charge in [0.15, 0.2) is 9.84 Å². The lowest BCUT2D eigenvalue weighted by Gasteiger charge is -2.43. The fourth-order valence-electron chi connectivity index (χ4n) is 3.37. The van der Waals surface area contributed by atoms with Crippen molar-refractivity contribution in [3.05, 3.63) is 21.9 Å². The average molecular weight is 344 g/mol. The molecule has 122 valence electrons. The molecular formula is C14H20N2O4S2. The highest BCUT2D eigenvalue weighted by Crippen LogP contribution is 2.29. The van der Waals surface area contributed by atoms with E-state index in [1.165, 1.54) is 11.3 Å². The number of fused-ring (bicyclic) bond motifs is 1. The van der Waals surface area contributed by atoms with Gasteiger partial charge in [0.1, 0.15) is 0 Å². The fourth-order valence-corrected chi connectivity index (χ4v) is 6.21. The van der Waals surface area contributed by atoms with Crippen LogP contribution >= 0.6 is 11.3 Å². The first-order valence-corrected chi connectivity index (χ1v) is 9.98. The molecule has 0 unspecified atom stereocenters. The number of carbonyl (C=O) groups excluding carboxylic acids is 1. The Morgan fingerprint density at radius 3 is 2.68 bits per heavy atom. The van der Waals surface area contributed by atoms with Gasteiger partial charge in [0.2, 0.25) is 0 Å². The SMILES string of the molecule is Cc1ccc(C(=O)N2CCN(CCO)[C@@H]3CS(=O)(=O)C[C@@H]32)s1. The molecule has 2 aliphatic heterocycles. The lowest BCUT2D eigenvalue weighted by Crippen LogP contribution is -2.60. The summed E-state index contributed by atoms with van der Waals surface area (Å²) in [4.78, 5) is 18.2. The minimum absolute atomic E-state index is 0.00132. The summed E-state index contributed by atoms with van der Waals surface area (Å²) in [6.07, 6.45) is 0. The van der Waals surface area contributed by atoms with E-state index in [1.54, 1.807) is 11.0 Å². The van der Waals surface area contributed by atoms with Gasteiger partial charge < -0.3 is 10.0 Å². The molecule has 0 spiro atoms. The lowest BCUT2D eigenvalue weighted by atomic mass is 10.0. The minimum atomic E-state index is -3.14. The van der Waals surface area contributed by atoms with Gasteiger partial charge in [-0.1, -0.05) is 0 Å². The van der Waals surface area contributed by atoms with Crippen molar-refractivity contribution in [2.75, 3.05) is 37.7 Å². The number of thiophene rings is 1. The fraction of sp³-hybridized carbons (Fsp3) is 0.643. The largest absolute Gasteiger partial charge is 0.395 e. The van der Waals surface area contributed by atoms with Gasteiger partial charge in [0, 0.05) is 30.6 Å². The topological polar surface area (TPSA) is 77.9 Å². The number of hydrogen-bond donors (Lipinski definition) is 1. The van der Waals surface area contributed by atoms with Crippen LogP contribution in [0.3, 0.4) is 0 Å². The molecule has 0 aliphatic carbocycles. The zero-order valence-corrected chi connectivity index (χ0v) is 14.1. The molecule has 2 atom stereocenters. The minimum Gasteiger partial charge on any atom is -0.395 e. The number of sulfone groups is 1. The van der Waals surface area contributed by atoms with Crippen LogP contribution in [0.4, 0.5) is 0 Å². The Kier molecular flexibility index (Phi) is 4.28. The summed E-state index contributed by atoms with van der Waals surface area (Å²) in [5, 5.41) is 9.15. The van der Waals surface area contributed by atoms with Gasteiger partial charge in [-0.05, 0) is 19.1 Å². The third-order valence-electron chi connectivity index (χ3n) is 4.39. The third-order valence-corrected chi connectivity index (χ3v) is 7.08. The standard InChI is InChI=1S/C14H20N2O4S2/c1-10-2-3-13(21-10)14(18)16-5-4-15(6-7-17)11-8-22(19,20)9-12(11)16/h2-3,11-12,17H,4-9H2,1H3/t11-,12+/m1/s1. The van der Waals surface area contributed by atoms with Gasteiger partial charge in [-0.2, -0.15) is 0 Å². The van der Waals surface area contributed by atoms with Crippen molar-refractivity contribution >= 4 is 27.1 Å². The molecule has 1 aromatic heterocycles. The molecule has 0 saturated carbocycles. The molecule has 0 radical (unpaired) electrons. The van der Waals surface area contributed by atoms with Crippen molar-refractivity contribution in [1.29, 1.82) is 0 Å². The molecule has 1 aromatic rings. The van der Waals surface area contributed by atoms with E-state index in [9.17, 15) is 13.2 Å². The first-order chi connectivity index (χ1) is 10.4. The van der Waals surface area contributed by atoms with Crippen molar-refractivity contribution in [2.24, 2.45) is 0 Å². The van der Waals surface area contributed by atoms with Crippen LogP contribution in [0.5, 0.6) is 0 Å². The molecule has 2 saturated heterocycles. The summed E-state index contributed by atoms with van der Waals surface area (Å²) < 4.78 is 24.1. The molecule has 0 bridgehead atoms. The Bertz CT molecular complexity index is 670. The molecule has 8 heteroatoms. The number of aliphatic hydroxyl groups excluding tert-OH is 1. The van der Waals surface area contributed by atoms with Crippen molar-refractivity contribution < 1.29 is 18.3 Å². The molecule has 2 fully saturated rings. The molecule has 3 heterocycles. The highest BCUT2D eigenvalue weighted by Gasteiger charge is 2.48. The second kappa shape index (κ2) is 5.92. The van der Waals surface area contributed by atoms with Gasteiger partial charge in [-0.15, -0.1) is 11.3 Å². The molecule has 1 amide bonds. The summed E-state index contributed by atoms with van der Waals surface area (Å²) in [5.74, 6) is 0.0227. The zero-order chi connectivity index (χ0) is 15.9. The van der Waals surface area contributed by atoms with E-state index in [-0.39, 0.29) is 36.1 Å². The van der Waals surface area contributed by atoms with E-state index in [0.29, 0.717) is 24.5 Å². The van der Waals surface area contributed by atoms with Crippen molar-refractivity contribution in [3.8, 4) is 0 Å². The van der Waals surface area contributed by atoms with Crippen LogP contribution in [0.1, 0.15) is 14.5 Å². The number of carbonyl (C=O) groups is 1. The van der Waals surface area contributed by atoms with Gasteiger partial charge >= 0.3 is 0 Å². The number of nitrogens with zero attached hydrogens (tertiary/aromatic N) is 2. The third kappa shape index (κ3) is 2.92. The van der Waals surface area contributed by atoms with Crippen molar-refractivity contribution in [1.82, 2.24) is 9.80 Å². The Balaban J connectivity index is 1.86. The second-order valence-electron chi connectivity index (χ2n) is 5.88. The van der Waals surface area contributed by atoms with Crippen LogP contribution in [0, 0.1) is 6.92 Å². The number of aryl methyl sites for hydroxylation is 1. The van der Waals surface area contributed by atoms with Crippen LogP contribution in [0.15, 0.2) is 12.1 Å². The van der Waals surface area contributed by atoms with Crippen molar-refractivity contribution in [3.63, 3.8) is 0 Å². The smallest absolute Gasteiger partial charge is 0.264 e. The molecule has 2 aliphatic rings. The number of rotatable bonds is 3. The summed E-state index contributed by atoms with van der Waals surface area (Å²) in [6, 6.07) is 3.21. The zero-order valence-electron chi connectivity index (χ0n) is 12.4. The number of β-amino-alcohol motifs (C(OH)–C–C–N with tert-alkyl or cyclic N) is 1. The summed E-state index contributed by atoms with van der Waals surface area (Å²) in [6.45, 7) is 3.52. The maximum atomic E-state index is 12.7. The van der Waals surface area contributed by atoms with E-state index >= 15 is 0 Å². The van der Waals surface area contributed by atoms with Crippen LogP contribution in [0.2, 0.25) is 0 Å². The van der Waals surface area contributed by atoms with E-state index in [1.807, 2.05) is 17.9 Å². The first kappa shape index (κ1) is 15.9. The number of piperazine rings is 1. The Morgan fingerprint density at radius 1 is 1.32 bits per heavy atom. The van der Waals surface area contributed by atoms with Crippen LogP contribution in [0.25, 0.3) is 0 Å². The predicted octanol–water partition coefficient (Wildman–Crippen LogP) is -0.0278. The maximum absolute atomic E-state index is 12.7. The molecule has 22 heavy (non-hydrogen) atoms. The summed E-state index contributed by atoms with van der Waals surface area (Å²) in [5.41, 5.74) is 0. The van der Waals surface area contributed by atoms with E-state index in [0.717, 1.165) is 4.88 Å². The lowest BCUT2D eigenvalue weighted by molar-refractivity contribution is 0.0285. The normalized spacial score (nSPS) is 27.8. The Hall–Kier alpha value is -0.960. The molecule has 3 rings (SSSR count). The monoisotopic (exact) mass is 344 g/mol. The van der Waals surface area contributed by atoms with Gasteiger partial charge in [0.25, 0.3) is 5.91 Å². The number of hydrogen-bond acceptors (Lipinski definition) is 6. The predicted molar refractivity (Wildman–Crippen MR) is 85.0 cm³/mol. The average Bonchev–Trinajstić information content (AvgIpc) is 3.01. The van der Waals surface area contributed by atoms with Crippen LogP contribution in [-0.2, 0) is 9.84 Å². The number of aliphatic hydroxyl groups is 1. The molecule has 1 N–H and O–H groups in total. The van der Waals surface area contributed by atoms with Crippen LogP contribution in [-0.4, -0.2) is 79.1 Å². The maximum Gasteiger partial charge on any atom is 0.264 e. The van der Waals surface area contributed by atoms with Crippen molar-refractivity contribution in [2.45, 2.75) is 19.0 Å². The Morgan fingerprint density at radius 2 is 2.05 bits per heavy atom. The van der Waals surface area contributed by atoms with E-state index < -0.39 is 9.84 Å². The first-order valence-electron chi connectivity index (χ1n) is 7.34. The Labute approximate surface area is 134 Å². The van der Waals surface area contributed by atoms with Gasteiger partial charge in [-0.25, -0.2) is 8.42 Å². The molecule has 6 nitrogen and oxygen atoms in total. The van der Waals surface area contributed by atoms with E-state index in [2.05, 4.69) is 0 Å². The quantitative estimate of drug-likeness (QED) is 0.833. The second-order valence-corrected chi connectivity index (χ2v) is 9.32. The highest BCUT2D eigenvalue weighted by atomic mass is 32.2. The summed E-state index contributed by atoms with van der Waals surface area (Å²) >= 11 is 1.44. The summed E-state index contributed by atoms with van der Waals surface area (Å²) in [7, 11) is -3.14. The van der Waals surface area contributed by atoms with Crippen LogP contribution < -0.4 is 0 Å².